The van der Waals surface area contributed by atoms with E-state index >= 15 is 0 Å². The number of rotatable bonds is 8. The number of aryl methyl sites for hydroxylation is 1. The van der Waals surface area contributed by atoms with Gasteiger partial charge in [-0.1, -0.05) is 48.5 Å². The number of hydrogen-bond acceptors (Lipinski definition) is 4. The molecular formula is C25H26N2O4. The molecule has 2 amide bonds. The fourth-order valence-corrected chi connectivity index (χ4v) is 3.27. The first kappa shape index (κ1) is 21.9. The third-order valence-corrected chi connectivity index (χ3v) is 4.94. The molecule has 6 heteroatoms. The first-order chi connectivity index (χ1) is 15.0. The molecule has 0 spiro atoms. The maximum absolute atomic E-state index is 12.9. The zero-order valence-corrected chi connectivity index (χ0v) is 17.8. The van der Waals surface area contributed by atoms with E-state index in [-0.39, 0.29) is 18.2 Å². The van der Waals surface area contributed by atoms with Crippen LogP contribution in [0, 0.1) is 6.92 Å². The van der Waals surface area contributed by atoms with Gasteiger partial charge in [-0.3, -0.25) is 9.59 Å². The lowest BCUT2D eigenvalue weighted by Crippen LogP contribution is -2.31. The van der Waals surface area contributed by atoms with Crippen molar-refractivity contribution in [3.8, 4) is 11.5 Å². The summed E-state index contributed by atoms with van der Waals surface area (Å²) in [4.78, 5) is 25.6. The van der Waals surface area contributed by atoms with Crippen LogP contribution in [0.25, 0.3) is 0 Å². The summed E-state index contributed by atoms with van der Waals surface area (Å²) in [6, 6.07) is 21.4. The van der Waals surface area contributed by atoms with E-state index in [1.165, 1.54) is 0 Å². The quantitative estimate of drug-likeness (QED) is 0.564. The van der Waals surface area contributed by atoms with Gasteiger partial charge < -0.3 is 20.1 Å². The van der Waals surface area contributed by atoms with E-state index in [2.05, 4.69) is 10.6 Å². The number of methoxy groups -OCH3 is 2. The van der Waals surface area contributed by atoms with Crippen molar-refractivity contribution < 1.29 is 19.1 Å². The summed E-state index contributed by atoms with van der Waals surface area (Å²) in [5, 5.41) is 5.90. The molecule has 0 saturated carbocycles. The standard InChI is InChI=1S/C25H26N2O4/c1-17-14-22(30-2)23(31-3)15-20(17)26-24(28)16-21(18-10-6-4-7-11-18)27-25(29)19-12-8-5-9-13-19/h4-15,21H,16H2,1-3H3,(H,26,28)(H,27,29)/t21-/m0/s1. The molecule has 1 atom stereocenters. The van der Waals surface area contributed by atoms with Gasteiger partial charge >= 0.3 is 0 Å². The molecule has 6 nitrogen and oxygen atoms in total. The van der Waals surface area contributed by atoms with Gasteiger partial charge in [0, 0.05) is 17.3 Å². The average molecular weight is 418 g/mol. The van der Waals surface area contributed by atoms with Crippen LogP contribution in [0.5, 0.6) is 11.5 Å². The Morgan fingerprint density at radius 2 is 1.45 bits per heavy atom. The molecule has 3 aromatic carbocycles. The Balaban J connectivity index is 1.78. The molecule has 0 aliphatic rings. The van der Waals surface area contributed by atoms with Crippen LogP contribution in [0.4, 0.5) is 5.69 Å². The van der Waals surface area contributed by atoms with Crippen molar-refractivity contribution in [2.24, 2.45) is 0 Å². The number of carbonyl (C=O) groups is 2. The normalized spacial score (nSPS) is 11.3. The average Bonchev–Trinajstić information content (AvgIpc) is 2.80. The molecule has 160 valence electrons. The van der Waals surface area contributed by atoms with E-state index in [0.29, 0.717) is 22.7 Å². The van der Waals surface area contributed by atoms with Gasteiger partial charge in [-0.05, 0) is 36.2 Å². The van der Waals surface area contributed by atoms with Gasteiger partial charge in [-0.25, -0.2) is 0 Å². The van der Waals surface area contributed by atoms with E-state index < -0.39 is 6.04 Å². The van der Waals surface area contributed by atoms with Crippen molar-refractivity contribution in [3.05, 3.63) is 89.5 Å². The summed E-state index contributed by atoms with van der Waals surface area (Å²) in [6.45, 7) is 1.88. The largest absolute Gasteiger partial charge is 0.493 e. The van der Waals surface area contributed by atoms with Crippen molar-refractivity contribution in [2.45, 2.75) is 19.4 Å². The summed E-state index contributed by atoms with van der Waals surface area (Å²) in [5.74, 6) is 0.665. The topological polar surface area (TPSA) is 76.7 Å². The summed E-state index contributed by atoms with van der Waals surface area (Å²) in [6.07, 6.45) is 0.0797. The summed E-state index contributed by atoms with van der Waals surface area (Å²) in [5.41, 5.74) is 2.87. The van der Waals surface area contributed by atoms with Crippen LogP contribution < -0.4 is 20.1 Å². The van der Waals surface area contributed by atoms with E-state index in [4.69, 9.17) is 9.47 Å². The molecule has 0 fully saturated rings. The molecule has 0 saturated heterocycles. The highest BCUT2D eigenvalue weighted by atomic mass is 16.5. The minimum Gasteiger partial charge on any atom is -0.493 e. The Morgan fingerprint density at radius 1 is 0.871 bits per heavy atom. The molecular weight excluding hydrogens is 392 g/mol. The van der Waals surface area contributed by atoms with Crippen molar-refractivity contribution in [1.29, 1.82) is 0 Å². The Labute approximate surface area is 182 Å². The molecule has 3 rings (SSSR count). The maximum Gasteiger partial charge on any atom is 0.251 e. The van der Waals surface area contributed by atoms with Crippen LogP contribution in [-0.4, -0.2) is 26.0 Å². The van der Waals surface area contributed by atoms with Gasteiger partial charge in [-0.2, -0.15) is 0 Å². The highest BCUT2D eigenvalue weighted by Gasteiger charge is 2.20. The Bertz CT molecular complexity index is 1040. The smallest absolute Gasteiger partial charge is 0.251 e. The summed E-state index contributed by atoms with van der Waals surface area (Å²) < 4.78 is 10.6. The fraction of sp³-hybridized carbons (Fsp3) is 0.200. The first-order valence-electron chi connectivity index (χ1n) is 9.95. The van der Waals surface area contributed by atoms with Gasteiger partial charge in [0.25, 0.3) is 5.91 Å². The molecule has 2 N–H and O–H groups in total. The number of hydrogen-bond donors (Lipinski definition) is 2. The van der Waals surface area contributed by atoms with Crippen LogP contribution >= 0.6 is 0 Å². The van der Waals surface area contributed by atoms with Gasteiger partial charge in [0.15, 0.2) is 11.5 Å². The third kappa shape index (κ3) is 5.63. The fourth-order valence-electron chi connectivity index (χ4n) is 3.27. The Kier molecular flexibility index (Phi) is 7.27. The lowest BCUT2D eigenvalue weighted by atomic mass is 10.0. The summed E-state index contributed by atoms with van der Waals surface area (Å²) in [7, 11) is 3.11. The number of ether oxygens (including phenoxy) is 2. The highest BCUT2D eigenvalue weighted by molar-refractivity contribution is 5.96. The predicted octanol–water partition coefficient (Wildman–Crippen LogP) is 4.51. The van der Waals surface area contributed by atoms with E-state index in [0.717, 1.165) is 11.1 Å². The molecule has 0 heterocycles. The van der Waals surface area contributed by atoms with Crippen molar-refractivity contribution >= 4 is 17.5 Å². The third-order valence-electron chi connectivity index (χ3n) is 4.94. The zero-order valence-electron chi connectivity index (χ0n) is 17.8. The number of amides is 2. The van der Waals surface area contributed by atoms with Crippen LogP contribution in [-0.2, 0) is 4.79 Å². The monoisotopic (exact) mass is 418 g/mol. The van der Waals surface area contributed by atoms with Crippen LogP contribution in [0.1, 0.15) is 33.9 Å². The van der Waals surface area contributed by atoms with E-state index in [9.17, 15) is 9.59 Å². The Hall–Kier alpha value is -3.80. The van der Waals surface area contributed by atoms with Gasteiger partial charge in [0.1, 0.15) is 0 Å². The molecule has 0 aromatic heterocycles. The van der Waals surface area contributed by atoms with Crippen molar-refractivity contribution in [1.82, 2.24) is 5.32 Å². The molecule has 0 aliphatic carbocycles. The molecule has 31 heavy (non-hydrogen) atoms. The molecule has 0 aliphatic heterocycles. The minimum atomic E-state index is -0.477. The first-order valence-corrected chi connectivity index (χ1v) is 9.95. The Morgan fingerprint density at radius 3 is 2.06 bits per heavy atom. The molecule has 0 radical (unpaired) electrons. The van der Waals surface area contributed by atoms with Crippen LogP contribution in [0.2, 0.25) is 0 Å². The molecule has 0 bridgehead atoms. The minimum absolute atomic E-state index is 0.0797. The van der Waals surface area contributed by atoms with Gasteiger partial charge in [0.2, 0.25) is 5.91 Å². The maximum atomic E-state index is 12.9. The second-order valence-electron chi connectivity index (χ2n) is 7.08. The van der Waals surface area contributed by atoms with Crippen molar-refractivity contribution in [2.75, 3.05) is 19.5 Å². The second kappa shape index (κ2) is 10.3. The van der Waals surface area contributed by atoms with Gasteiger partial charge in [0.05, 0.1) is 26.7 Å². The number of anilines is 1. The molecule has 0 unspecified atom stereocenters. The predicted molar refractivity (Wildman–Crippen MR) is 121 cm³/mol. The van der Waals surface area contributed by atoms with Crippen LogP contribution in [0.3, 0.4) is 0 Å². The lowest BCUT2D eigenvalue weighted by molar-refractivity contribution is -0.116. The lowest BCUT2D eigenvalue weighted by Gasteiger charge is -2.20. The highest BCUT2D eigenvalue weighted by Crippen LogP contribution is 2.33. The zero-order chi connectivity index (χ0) is 22.2. The summed E-state index contributed by atoms with van der Waals surface area (Å²) >= 11 is 0. The number of nitrogens with one attached hydrogen (secondary N) is 2. The van der Waals surface area contributed by atoms with Crippen LogP contribution in [0.15, 0.2) is 72.8 Å². The molecule has 3 aromatic rings. The number of carbonyl (C=O) groups excluding carboxylic acids is 2. The van der Waals surface area contributed by atoms with E-state index in [1.807, 2.05) is 43.3 Å². The van der Waals surface area contributed by atoms with Gasteiger partial charge in [-0.15, -0.1) is 0 Å². The second-order valence-corrected chi connectivity index (χ2v) is 7.08. The van der Waals surface area contributed by atoms with Crippen molar-refractivity contribution in [3.63, 3.8) is 0 Å². The SMILES string of the molecule is COc1cc(C)c(NC(=O)C[C@H](NC(=O)c2ccccc2)c2ccccc2)cc1OC. The van der Waals surface area contributed by atoms with E-state index in [1.54, 1.807) is 50.6 Å². The number of benzene rings is 3.